The van der Waals surface area contributed by atoms with Crippen LogP contribution < -0.4 is 4.84 Å². The molecule has 0 rings (SSSR count). The van der Waals surface area contributed by atoms with Crippen LogP contribution in [0.4, 0.5) is 0 Å². The van der Waals surface area contributed by atoms with Crippen LogP contribution in [-0.4, -0.2) is 17.3 Å². The average molecular weight is 334 g/mol. The molecule has 2 N–H and O–H groups in total. The molecule has 134 valence electrons. The fraction of sp³-hybridized carbons (Fsp3) is 1.00. The van der Waals surface area contributed by atoms with Gasteiger partial charge in [-0.15, -0.1) is 0 Å². The molecule has 0 bridgehead atoms. The number of aliphatic hydroxyl groups is 1. The standard InChI is InChI=1S/C19H40ClNO/c1-3-5-6-7-8-9-10-11-12-13-14-15-17-19(22)18(21-20)16-4-2/h18-19,21-22H,3-17H2,1-2H3/t18-,19+/m0/s1. The van der Waals surface area contributed by atoms with Gasteiger partial charge in [-0.3, -0.25) is 0 Å². The average Bonchev–Trinajstić information content (AvgIpc) is 2.53. The van der Waals surface area contributed by atoms with E-state index in [2.05, 4.69) is 18.7 Å². The second-order valence-electron chi connectivity index (χ2n) is 6.75. The Morgan fingerprint density at radius 3 is 1.55 bits per heavy atom. The molecule has 0 aliphatic rings. The van der Waals surface area contributed by atoms with Crippen molar-refractivity contribution < 1.29 is 5.11 Å². The molecule has 0 fully saturated rings. The predicted octanol–water partition coefficient (Wildman–Crippen LogP) is 6.35. The smallest absolute Gasteiger partial charge is 0.0705 e. The number of hydrogen-bond acceptors (Lipinski definition) is 2. The van der Waals surface area contributed by atoms with Crippen LogP contribution >= 0.6 is 11.8 Å². The molecule has 0 aromatic rings. The number of rotatable bonds is 17. The monoisotopic (exact) mass is 333 g/mol. The highest BCUT2D eigenvalue weighted by Gasteiger charge is 2.16. The lowest BCUT2D eigenvalue weighted by atomic mass is 10.00. The molecule has 0 aliphatic heterocycles. The first-order chi connectivity index (χ1) is 10.8. The van der Waals surface area contributed by atoms with Crippen molar-refractivity contribution in [2.45, 2.75) is 122 Å². The maximum absolute atomic E-state index is 10.1. The van der Waals surface area contributed by atoms with E-state index in [1.165, 1.54) is 70.6 Å². The van der Waals surface area contributed by atoms with E-state index >= 15 is 0 Å². The van der Waals surface area contributed by atoms with Crippen LogP contribution in [0.25, 0.3) is 0 Å². The molecule has 0 aromatic heterocycles. The molecular weight excluding hydrogens is 294 g/mol. The van der Waals surface area contributed by atoms with Gasteiger partial charge in [-0.2, -0.15) is 0 Å². The maximum Gasteiger partial charge on any atom is 0.0705 e. The molecule has 2 atom stereocenters. The lowest BCUT2D eigenvalue weighted by Gasteiger charge is -2.20. The molecular formula is C19H40ClNO. The summed E-state index contributed by atoms with van der Waals surface area (Å²) < 4.78 is 0. The molecule has 0 heterocycles. The van der Waals surface area contributed by atoms with Crippen LogP contribution in [0.2, 0.25) is 0 Å². The lowest BCUT2D eigenvalue weighted by Crippen LogP contribution is -2.34. The SMILES string of the molecule is CCCCCCCCCCCCCC[C@@H](O)[C@H](CCC)NCl. The second kappa shape index (κ2) is 17.6. The summed E-state index contributed by atoms with van der Waals surface area (Å²) >= 11 is 5.68. The molecule has 0 amide bonds. The largest absolute Gasteiger partial charge is 0.391 e. The Bertz CT molecular complexity index is 214. The van der Waals surface area contributed by atoms with Crippen molar-refractivity contribution in [3.05, 3.63) is 0 Å². The van der Waals surface area contributed by atoms with E-state index in [0.717, 1.165) is 25.7 Å². The van der Waals surface area contributed by atoms with Gasteiger partial charge in [-0.05, 0) is 24.6 Å². The van der Waals surface area contributed by atoms with Crippen LogP contribution in [0.5, 0.6) is 0 Å². The van der Waals surface area contributed by atoms with Gasteiger partial charge in [0.1, 0.15) is 0 Å². The molecule has 0 aromatic carbocycles. The van der Waals surface area contributed by atoms with Gasteiger partial charge < -0.3 is 5.11 Å². The van der Waals surface area contributed by atoms with Gasteiger partial charge in [-0.25, -0.2) is 4.84 Å². The normalized spacial score (nSPS) is 14.2. The van der Waals surface area contributed by atoms with Gasteiger partial charge in [0.25, 0.3) is 0 Å². The fourth-order valence-electron chi connectivity index (χ4n) is 3.03. The Balaban J connectivity index is 3.25. The number of aliphatic hydroxyl groups excluding tert-OH is 1. The molecule has 0 spiro atoms. The van der Waals surface area contributed by atoms with Gasteiger partial charge in [0.05, 0.1) is 6.10 Å². The molecule has 0 saturated carbocycles. The molecule has 3 heteroatoms. The Kier molecular flexibility index (Phi) is 17.7. The number of nitrogens with one attached hydrogen (secondary N) is 1. The van der Waals surface area contributed by atoms with E-state index < -0.39 is 0 Å². The zero-order valence-electron chi connectivity index (χ0n) is 15.1. The Morgan fingerprint density at radius 2 is 1.14 bits per heavy atom. The Morgan fingerprint density at radius 1 is 0.682 bits per heavy atom. The zero-order chi connectivity index (χ0) is 16.5. The van der Waals surface area contributed by atoms with Crippen LogP contribution in [0.1, 0.15) is 110 Å². The first-order valence-electron chi connectivity index (χ1n) is 9.80. The van der Waals surface area contributed by atoms with Crippen molar-refractivity contribution in [1.82, 2.24) is 4.84 Å². The molecule has 22 heavy (non-hydrogen) atoms. The van der Waals surface area contributed by atoms with Crippen LogP contribution in [0, 0.1) is 0 Å². The minimum Gasteiger partial charge on any atom is -0.391 e. The third-order valence-electron chi connectivity index (χ3n) is 4.56. The maximum atomic E-state index is 10.1. The first kappa shape index (κ1) is 22.2. The van der Waals surface area contributed by atoms with Crippen molar-refractivity contribution in [1.29, 1.82) is 0 Å². The van der Waals surface area contributed by atoms with Crippen LogP contribution in [0.3, 0.4) is 0 Å². The predicted molar refractivity (Wildman–Crippen MR) is 99.4 cm³/mol. The summed E-state index contributed by atoms with van der Waals surface area (Å²) in [6.45, 7) is 4.40. The van der Waals surface area contributed by atoms with Crippen molar-refractivity contribution >= 4 is 11.8 Å². The summed E-state index contributed by atoms with van der Waals surface area (Å²) in [5.41, 5.74) is 0. The van der Waals surface area contributed by atoms with Crippen molar-refractivity contribution in [3.63, 3.8) is 0 Å². The van der Waals surface area contributed by atoms with E-state index in [0.29, 0.717) is 0 Å². The van der Waals surface area contributed by atoms with Gasteiger partial charge in [0, 0.05) is 6.04 Å². The molecule has 0 aliphatic carbocycles. The van der Waals surface area contributed by atoms with E-state index in [4.69, 9.17) is 11.8 Å². The molecule has 0 radical (unpaired) electrons. The van der Waals surface area contributed by atoms with E-state index in [9.17, 15) is 5.11 Å². The van der Waals surface area contributed by atoms with Gasteiger partial charge >= 0.3 is 0 Å². The quantitative estimate of drug-likeness (QED) is 0.240. The highest BCUT2D eigenvalue weighted by atomic mass is 35.5. The minimum absolute atomic E-state index is 0.0550. The van der Waals surface area contributed by atoms with Gasteiger partial charge in [-0.1, -0.05) is 97.3 Å². The third-order valence-corrected chi connectivity index (χ3v) is 4.84. The van der Waals surface area contributed by atoms with Gasteiger partial charge in [0.15, 0.2) is 0 Å². The summed E-state index contributed by atoms with van der Waals surface area (Å²) in [5, 5.41) is 10.1. The summed E-state index contributed by atoms with van der Waals surface area (Å²) in [6, 6.07) is 0.0550. The first-order valence-corrected chi connectivity index (χ1v) is 10.2. The molecule has 0 unspecified atom stereocenters. The number of halogens is 1. The van der Waals surface area contributed by atoms with E-state index in [1.54, 1.807) is 0 Å². The second-order valence-corrected chi connectivity index (χ2v) is 6.97. The van der Waals surface area contributed by atoms with E-state index in [1.807, 2.05) is 0 Å². The Hall–Kier alpha value is 0.210. The molecule has 2 nitrogen and oxygen atoms in total. The highest BCUT2D eigenvalue weighted by molar-refractivity contribution is 6.13. The van der Waals surface area contributed by atoms with E-state index in [-0.39, 0.29) is 12.1 Å². The van der Waals surface area contributed by atoms with Gasteiger partial charge in [0.2, 0.25) is 0 Å². The number of hydrogen-bond donors (Lipinski definition) is 2. The van der Waals surface area contributed by atoms with Crippen molar-refractivity contribution in [2.24, 2.45) is 0 Å². The number of unbranched alkanes of at least 4 members (excludes halogenated alkanes) is 11. The van der Waals surface area contributed by atoms with Crippen LogP contribution in [0.15, 0.2) is 0 Å². The minimum atomic E-state index is -0.291. The van der Waals surface area contributed by atoms with Crippen molar-refractivity contribution in [2.75, 3.05) is 0 Å². The topological polar surface area (TPSA) is 32.3 Å². The van der Waals surface area contributed by atoms with Crippen molar-refractivity contribution in [3.8, 4) is 0 Å². The summed E-state index contributed by atoms with van der Waals surface area (Å²) in [7, 11) is 0. The summed E-state index contributed by atoms with van der Waals surface area (Å²) in [4.78, 5) is 2.72. The van der Waals surface area contributed by atoms with Crippen LogP contribution in [-0.2, 0) is 0 Å². The third kappa shape index (κ3) is 13.8. The molecule has 0 saturated heterocycles. The highest BCUT2D eigenvalue weighted by Crippen LogP contribution is 2.15. The summed E-state index contributed by atoms with van der Waals surface area (Å²) in [5.74, 6) is 0. The lowest BCUT2D eigenvalue weighted by molar-refractivity contribution is 0.121. The summed E-state index contributed by atoms with van der Waals surface area (Å²) in [6.07, 6.45) is 18.9. The Labute approximate surface area is 144 Å². The fourth-order valence-corrected chi connectivity index (χ4v) is 3.28. The zero-order valence-corrected chi connectivity index (χ0v) is 15.8.